The van der Waals surface area contributed by atoms with Gasteiger partial charge in [-0.2, -0.15) is 4.31 Å². The predicted octanol–water partition coefficient (Wildman–Crippen LogP) is 3.16. The van der Waals surface area contributed by atoms with Crippen molar-refractivity contribution in [1.82, 2.24) is 4.31 Å². The molecule has 0 aliphatic heterocycles. The molecule has 0 aliphatic rings. The third kappa shape index (κ3) is 3.15. The molecule has 0 aromatic heterocycles. The molecule has 0 radical (unpaired) electrons. The number of hydrogen-bond acceptors (Lipinski definition) is 2. The Bertz CT molecular complexity index is 591. The lowest BCUT2D eigenvalue weighted by molar-refractivity contribution is 0.463. The maximum absolute atomic E-state index is 12.4. The van der Waals surface area contributed by atoms with E-state index in [0.29, 0.717) is 11.0 Å². The van der Waals surface area contributed by atoms with Crippen molar-refractivity contribution < 1.29 is 8.42 Å². The van der Waals surface area contributed by atoms with E-state index in [1.807, 2.05) is 6.92 Å². The van der Waals surface area contributed by atoms with Gasteiger partial charge in [0.05, 0.1) is 11.4 Å². The summed E-state index contributed by atoms with van der Waals surface area (Å²) in [5, 5.41) is 0. The average Bonchev–Trinajstić information content (AvgIpc) is 2.30. The molecule has 0 amide bonds. The molecule has 0 heterocycles. The molecule has 3 nitrogen and oxygen atoms in total. The fourth-order valence-electron chi connectivity index (χ4n) is 1.43. The molecule has 0 saturated carbocycles. The number of sulfonamides is 1. The second-order valence-electron chi connectivity index (χ2n) is 3.67. The molecule has 0 atom stereocenters. The fourth-order valence-corrected chi connectivity index (χ4v) is 4.43. The van der Waals surface area contributed by atoms with E-state index < -0.39 is 10.0 Å². The SMILES string of the molecule is C#CCN(CC)S(=O)(=O)c1cc(Br)c(C)cc1Br. The number of terminal acetylenes is 1. The van der Waals surface area contributed by atoms with E-state index in [4.69, 9.17) is 6.42 Å². The minimum atomic E-state index is -3.57. The van der Waals surface area contributed by atoms with Gasteiger partial charge in [0, 0.05) is 15.5 Å². The lowest BCUT2D eigenvalue weighted by Crippen LogP contribution is -2.31. The van der Waals surface area contributed by atoms with Gasteiger partial charge in [-0.1, -0.05) is 28.8 Å². The van der Waals surface area contributed by atoms with Gasteiger partial charge in [-0.05, 0) is 40.5 Å². The van der Waals surface area contributed by atoms with Crippen molar-refractivity contribution in [3.05, 3.63) is 26.6 Å². The first kappa shape index (κ1) is 15.7. The molecule has 6 heteroatoms. The monoisotopic (exact) mass is 393 g/mol. The molecule has 0 bridgehead atoms. The highest BCUT2D eigenvalue weighted by molar-refractivity contribution is 9.11. The maximum atomic E-state index is 12.4. The topological polar surface area (TPSA) is 37.4 Å². The van der Waals surface area contributed by atoms with Crippen LogP contribution in [0.2, 0.25) is 0 Å². The summed E-state index contributed by atoms with van der Waals surface area (Å²) in [6.45, 7) is 4.05. The second kappa shape index (κ2) is 6.20. The van der Waals surface area contributed by atoms with Gasteiger partial charge in [0.1, 0.15) is 0 Å². The van der Waals surface area contributed by atoms with Crippen LogP contribution in [-0.2, 0) is 10.0 Å². The van der Waals surface area contributed by atoms with Gasteiger partial charge in [-0.15, -0.1) is 6.42 Å². The minimum Gasteiger partial charge on any atom is -0.207 e. The number of aryl methyl sites for hydroxylation is 1. The Morgan fingerprint density at radius 1 is 1.33 bits per heavy atom. The summed E-state index contributed by atoms with van der Waals surface area (Å²) in [4.78, 5) is 0.220. The van der Waals surface area contributed by atoms with E-state index in [9.17, 15) is 8.42 Å². The van der Waals surface area contributed by atoms with Crippen LogP contribution in [0.4, 0.5) is 0 Å². The number of nitrogens with zero attached hydrogens (tertiary/aromatic N) is 1. The van der Waals surface area contributed by atoms with Crippen LogP contribution in [0, 0.1) is 19.3 Å². The highest BCUT2D eigenvalue weighted by Crippen LogP contribution is 2.30. The molecule has 0 unspecified atom stereocenters. The van der Waals surface area contributed by atoms with Crippen LogP contribution in [0.5, 0.6) is 0 Å². The van der Waals surface area contributed by atoms with Crippen LogP contribution in [0.15, 0.2) is 26.0 Å². The Labute approximate surface area is 125 Å². The molecule has 0 saturated heterocycles. The summed E-state index contributed by atoms with van der Waals surface area (Å²) >= 11 is 6.63. The highest BCUT2D eigenvalue weighted by atomic mass is 79.9. The summed E-state index contributed by atoms with van der Waals surface area (Å²) in [6.07, 6.45) is 5.19. The Hall–Kier alpha value is -0.350. The standard InChI is InChI=1S/C12H13Br2NO2S/c1-4-6-15(5-2)18(16,17)12-8-10(13)9(3)7-11(12)14/h1,7-8H,5-6H2,2-3H3. The quantitative estimate of drug-likeness (QED) is 0.735. The molecule has 1 aromatic rings. The Morgan fingerprint density at radius 2 is 1.94 bits per heavy atom. The molecule has 0 aliphatic carbocycles. The maximum Gasteiger partial charge on any atom is 0.245 e. The molecule has 1 rings (SSSR count). The summed E-state index contributed by atoms with van der Waals surface area (Å²) in [5.74, 6) is 2.36. The van der Waals surface area contributed by atoms with Crippen molar-refractivity contribution in [3.63, 3.8) is 0 Å². The van der Waals surface area contributed by atoms with Crippen LogP contribution < -0.4 is 0 Å². The molecular formula is C12H13Br2NO2S. The number of halogens is 2. The molecular weight excluding hydrogens is 382 g/mol. The number of hydrogen-bond donors (Lipinski definition) is 0. The van der Waals surface area contributed by atoms with E-state index in [0.717, 1.165) is 10.0 Å². The summed E-state index contributed by atoms with van der Waals surface area (Å²) in [5.41, 5.74) is 0.959. The van der Waals surface area contributed by atoms with Gasteiger partial charge >= 0.3 is 0 Å². The molecule has 98 valence electrons. The van der Waals surface area contributed by atoms with Crippen molar-refractivity contribution in [3.8, 4) is 12.3 Å². The summed E-state index contributed by atoms with van der Waals surface area (Å²) < 4.78 is 27.4. The van der Waals surface area contributed by atoms with E-state index in [1.165, 1.54) is 4.31 Å². The number of benzene rings is 1. The fraction of sp³-hybridized carbons (Fsp3) is 0.333. The van der Waals surface area contributed by atoms with Gasteiger partial charge in [0.15, 0.2) is 0 Å². The van der Waals surface area contributed by atoms with Crippen molar-refractivity contribution >= 4 is 41.9 Å². The van der Waals surface area contributed by atoms with Crippen LogP contribution in [0.3, 0.4) is 0 Å². The normalized spacial score (nSPS) is 11.6. The van der Waals surface area contributed by atoms with Crippen molar-refractivity contribution in [2.75, 3.05) is 13.1 Å². The number of rotatable bonds is 4. The van der Waals surface area contributed by atoms with Gasteiger partial charge in [-0.25, -0.2) is 8.42 Å². The third-order valence-electron chi connectivity index (χ3n) is 2.45. The molecule has 1 aromatic carbocycles. The van der Waals surface area contributed by atoms with Crippen LogP contribution in [-0.4, -0.2) is 25.8 Å². The second-order valence-corrected chi connectivity index (χ2v) is 7.28. The Morgan fingerprint density at radius 3 is 2.44 bits per heavy atom. The van der Waals surface area contributed by atoms with Gasteiger partial charge in [0.2, 0.25) is 10.0 Å². The van der Waals surface area contributed by atoms with Crippen LogP contribution in [0.25, 0.3) is 0 Å². The van der Waals surface area contributed by atoms with E-state index in [-0.39, 0.29) is 11.4 Å². The zero-order valence-electron chi connectivity index (χ0n) is 10.1. The zero-order valence-corrected chi connectivity index (χ0v) is 14.1. The van der Waals surface area contributed by atoms with Crippen molar-refractivity contribution in [2.45, 2.75) is 18.7 Å². The Kier molecular flexibility index (Phi) is 5.41. The van der Waals surface area contributed by atoms with E-state index >= 15 is 0 Å². The third-order valence-corrected chi connectivity index (χ3v) is 6.18. The van der Waals surface area contributed by atoms with Crippen LogP contribution >= 0.6 is 31.9 Å². The summed E-state index contributed by atoms with van der Waals surface area (Å²) in [7, 11) is -3.57. The zero-order chi connectivity index (χ0) is 13.9. The first-order chi connectivity index (χ1) is 8.34. The minimum absolute atomic E-state index is 0.0662. The van der Waals surface area contributed by atoms with Crippen LogP contribution in [0.1, 0.15) is 12.5 Å². The van der Waals surface area contributed by atoms with Crippen molar-refractivity contribution in [2.24, 2.45) is 0 Å². The molecule has 18 heavy (non-hydrogen) atoms. The molecule has 0 N–H and O–H groups in total. The first-order valence-corrected chi connectivity index (χ1v) is 8.26. The van der Waals surface area contributed by atoms with Gasteiger partial charge in [0.25, 0.3) is 0 Å². The lowest BCUT2D eigenvalue weighted by atomic mass is 10.2. The van der Waals surface area contributed by atoms with Crippen molar-refractivity contribution in [1.29, 1.82) is 0 Å². The lowest BCUT2D eigenvalue weighted by Gasteiger charge is -2.19. The molecule has 0 fully saturated rings. The Balaban J connectivity index is 3.37. The average molecular weight is 395 g/mol. The summed E-state index contributed by atoms with van der Waals surface area (Å²) in [6, 6.07) is 3.36. The van der Waals surface area contributed by atoms with Gasteiger partial charge < -0.3 is 0 Å². The van der Waals surface area contributed by atoms with Gasteiger partial charge in [-0.3, -0.25) is 0 Å². The predicted molar refractivity (Wildman–Crippen MR) is 79.8 cm³/mol. The largest absolute Gasteiger partial charge is 0.245 e. The van der Waals surface area contributed by atoms with E-state index in [1.54, 1.807) is 19.1 Å². The van der Waals surface area contributed by atoms with E-state index in [2.05, 4.69) is 37.8 Å². The first-order valence-electron chi connectivity index (χ1n) is 5.23. The smallest absolute Gasteiger partial charge is 0.207 e. The highest BCUT2D eigenvalue weighted by Gasteiger charge is 2.25. The molecule has 0 spiro atoms.